The summed E-state index contributed by atoms with van der Waals surface area (Å²) in [6.07, 6.45) is 6.61. The number of nitrogens with one attached hydrogen (secondary N) is 1. The van der Waals surface area contributed by atoms with E-state index in [0.717, 1.165) is 41.6 Å². The van der Waals surface area contributed by atoms with Gasteiger partial charge in [0, 0.05) is 43.3 Å². The maximum Gasteiger partial charge on any atom is 0.173 e. The van der Waals surface area contributed by atoms with Gasteiger partial charge in [-0.2, -0.15) is 0 Å². The molecular formula is C25H32N4OS. The van der Waals surface area contributed by atoms with Gasteiger partial charge in [0.2, 0.25) is 0 Å². The van der Waals surface area contributed by atoms with Crippen molar-refractivity contribution in [1.29, 1.82) is 0 Å². The lowest BCUT2D eigenvalue weighted by atomic mass is 9.98. The first-order valence-corrected chi connectivity index (χ1v) is 11.1. The number of anilines is 1. The molecule has 0 saturated heterocycles. The minimum Gasteiger partial charge on any atom is -0.496 e. The molecule has 0 aliphatic carbocycles. The molecule has 0 atom stereocenters. The van der Waals surface area contributed by atoms with Gasteiger partial charge in [-0.1, -0.05) is 50.2 Å². The first kappa shape index (κ1) is 22.8. The van der Waals surface area contributed by atoms with E-state index in [0.29, 0.717) is 12.5 Å². The van der Waals surface area contributed by atoms with Crippen LogP contribution in [0.15, 0.2) is 61.2 Å². The van der Waals surface area contributed by atoms with Crippen LogP contribution in [0.4, 0.5) is 5.69 Å². The van der Waals surface area contributed by atoms with E-state index in [9.17, 15) is 0 Å². The highest BCUT2D eigenvalue weighted by atomic mass is 32.1. The molecule has 1 N–H and O–H groups in total. The Hall–Kier alpha value is -2.86. The molecule has 0 unspecified atom stereocenters. The summed E-state index contributed by atoms with van der Waals surface area (Å²) in [5.74, 6) is 1.29. The molecule has 5 nitrogen and oxygen atoms in total. The summed E-state index contributed by atoms with van der Waals surface area (Å²) in [4.78, 5) is 6.35. The highest BCUT2D eigenvalue weighted by Gasteiger charge is 2.16. The van der Waals surface area contributed by atoms with Crippen molar-refractivity contribution in [2.24, 2.45) is 0 Å². The summed E-state index contributed by atoms with van der Waals surface area (Å²) in [6.45, 7) is 8.95. The van der Waals surface area contributed by atoms with Gasteiger partial charge < -0.3 is 19.5 Å². The standard InChI is InChI=1S/C25H32N4OS/c1-19(2)22-11-7-9-20(3)24(22)27-25(31)29(15-8-14-28-16-13-26-18-28)17-21-10-5-6-12-23(21)30-4/h5-7,9-13,16,18-19H,8,14-15,17H2,1-4H3,(H,27,31). The van der Waals surface area contributed by atoms with Crippen molar-refractivity contribution < 1.29 is 4.74 Å². The number of para-hydroxylation sites is 2. The molecule has 1 aromatic heterocycles. The average Bonchev–Trinajstić information content (AvgIpc) is 3.28. The van der Waals surface area contributed by atoms with Crippen LogP contribution in [-0.2, 0) is 13.1 Å². The number of imidazole rings is 1. The third-order valence-corrected chi connectivity index (χ3v) is 5.76. The van der Waals surface area contributed by atoms with Crippen LogP contribution in [0.1, 0.15) is 42.9 Å². The van der Waals surface area contributed by atoms with Crippen molar-refractivity contribution >= 4 is 23.0 Å². The van der Waals surface area contributed by atoms with E-state index in [2.05, 4.69) is 64.8 Å². The van der Waals surface area contributed by atoms with Gasteiger partial charge in [0.25, 0.3) is 0 Å². The van der Waals surface area contributed by atoms with Crippen LogP contribution in [0.3, 0.4) is 0 Å². The van der Waals surface area contributed by atoms with Gasteiger partial charge in [0.1, 0.15) is 5.75 Å². The van der Waals surface area contributed by atoms with Gasteiger partial charge in [0.05, 0.1) is 13.4 Å². The second-order valence-corrected chi connectivity index (χ2v) is 8.40. The fraction of sp³-hybridized carbons (Fsp3) is 0.360. The Bertz CT molecular complexity index is 985. The lowest BCUT2D eigenvalue weighted by Gasteiger charge is -2.28. The normalized spacial score (nSPS) is 10.9. The second kappa shape index (κ2) is 11.0. The summed E-state index contributed by atoms with van der Waals surface area (Å²) in [5.41, 5.74) is 4.70. The molecule has 2 aromatic carbocycles. The lowest BCUT2D eigenvalue weighted by Crippen LogP contribution is -2.36. The highest BCUT2D eigenvalue weighted by Crippen LogP contribution is 2.28. The Morgan fingerprint density at radius 1 is 1.19 bits per heavy atom. The number of thiocarbonyl (C=S) groups is 1. The van der Waals surface area contributed by atoms with Crippen LogP contribution < -0.4 is 10.1 Å². The zero-order valence-corrected chi connectivity index (χ0v) is 19.7. The molecule has 1 heterocycles. The first-order chi connectivity index (χ1) is 15.0. The topological polar surface area (TPSA) is 42.3 Å². The molecule has 0 aliphatic heterocycles. The number of aromatic nitrogens is 2. The van der Waals surface area contributed by atoms with Gasteiger partial charge in [-0.3, -0.25) is 0 Å². The number of ether oxygens (including phenoxy) is 1. The Kier molecular flexibility index (Phi) is 8.06. The maximum atomic E-state index is 5.91. The van der Waals surface area contributed by atoms with E-state index in [1.165, 1.54) is 11.1 Å². The monoisotopic (exact) mass is 436 g/mol. The minimum atomic E-state index is 0.411. The molecule has 31 heavy (non-hydrogen) atoms. The molecule has 6 heteroatoms. The number of methoxy groups -OCH3 is 1. The summed E-state index contributed by atoms with van der Waals surface area (Å²) < 4.78 is 7.67. The molecule has 0 spiro atoms. The van der Waals surface area contributed by atoms with Gasteiger partial charge in [-0.25, -0.2) is 4.98 Å². The smallest absolute Gasteiger partial charge is 0.173 e. The molecule has 0 radical (unpaired) electrons. The summed E-state index contributed by atoms with van der Waals surface area (Å²) in [6, 6.07) is 14.5. The lowest BCUT2D eigenvalue weighted by molar-refractivity contribution is 0.372. The summed E-state index contributed by atoms with van der Waals surface area (Å²) >= 11 is 5.91. The summed E-state index contributed by atoms with van der Waals surface area (Å²) in [5, 5.41) is 4.29. The molecule has 3 rings (SSSR count). The Morgan fingerprint density at radius 3 is 2.71 bits per heavy atom. The van der Waals surface area contributed by atoms with Crippen LogP contribution in [0.2, 0.25) is 0 Å². The third kappa shape index (κ3) is 6.07. The zero-order chi connectivity index (χ0) is 22.2. The zero-order valence-electron chi connectivity index (χ0n) is 18.8. The van der Waals surface area contributed by atoms with Gasteiger partial charge in [-0.15, -0.1) is 0 Å². The number of nitrogens with zero attached hydrogens (tertiary/aromatic N) is 3. The van der Waals surface area contributed by atoms with E-state index in [4.69, 9.17) is 17.0 Å². The quantitative estimate of drug-likeness (QED) is 0.442. The fourth-order valence-electron chi connectivity index (χ4n) is 3.68. The van der Waals surface area contributed by atoms with Crippen molar-refractivity contribution in [1.82, 2.24) is 14.5 Å². The molecule has 0 bridgehead atoms. The van der Waals surface area contributed by atoms with E-state index >= 15 is 0 Å². The van der Waals surface area contributed by atoms with Crippen molar-refractivity contribution in [2.45, 2.75) is 46.2 Å². The number of benzene rings is 2. The Morgan fingerprint density at radius 2 is 2.00 bits per heavy atom. The molecule has 0 aliphatic rings. The molecular weight excluding hydrogens is 404 g/mol. The molecule has 0 amide bonds. The second-order valence-electron chi connectivity index (χ2n) is 8.01. The maximum absolute atomic E-state index is 5.91. The first-order valence-electron chi connectivity index (χ1n) is 10.7. The van der Waals surface area contributed by atoms with Crippen LogP contribution in [0, 0.1) is 6.92 Å². The average molecular weight is 437 g/mol. The van der Waals surface area contributed by atoms with Crippen molar-refractivity contribution in [3.8, 4) is 5.75 Å². The van der Waals surface area contributed by atoms with Crippen LogP contribution in [0.25, 0.3) is 0 Å². The molecule has 164 valence electrons. The molecule has 3 aromatic rings. The number of rotatable bonds is 9. The fourth-order valence-corrected chi connectivity index (χ4v) is 3.94. The predicted molar refractivity (Wildman–Crippen MR) is 132 cm³/mol. The summed E-state index contributed by atoms with van der Waals surface area (Å²) in [7, 11) is 1.71. The predicted octanol–water partition coefficient (Wildman–Crippen LogP) is 5.61. The number of hydrogen-bond donors (Lipinski definition) is 1. The SMILES string of the molecule is COc1ccccc1CN(CCCn1ccnc1)C(=S)Nc1c(C)cccc1C(C)C. The molecule has 0 fully saturated rings. The largest absolute Gasteiger partial charge is 0.496 e. The van der Waals surface area contributed by atoms with Crippen LogP contribution in [0.5, 0.6) is 5.75 Å². The van der Waals surface area contributed by atoms with Crippen LogP contribution in [-0.4, -0.2) is 33.2 Å². The van der Waals surface area contributed by atoms with E-state index in [1.54, 1.807) is 7.11 Å². The van der Waals surface area contributed by atoms with Gasteiger partial charge in [-0.05, 0) is 48.7 Å². The van der Waals surface area contributed by atoms with Gasteiger partial charge in [0.15, 0.2) is 5.11 Å². The number of aryl methyl sites for hydroxylation is 2. The van der Waals surface area contributed by atoms with E-state index < -0.39 is 0 Å². The van der Waals surface area contributed by atoms with E-state index in [1.807, 2.05) is 36.9 Å². The Labute approximate surface area is 191 Å². The van der Waals surface area contributed by atoms with Crippen molar-refractivity contribution in [2.75, 3.05) is 19.0 Å². The third-order valence-electron chi connectivity index (χ3n) is 5.40. The molecule has 0 saturated carbocycles. The Balaban J connectivity index is 1.80. The van der Waals surface area contributed by atoms with E-state index in [-0.39, 0.29) is 0 Å². The van der Waals surface area contributed by atoms with Crippen molar-refractivity contribution in [3.05, 3.63) is 77.9 Å². The van der Waals surface area contributed by atoms with Gasteiger partial charge >= 0.3 is 0 Å². The van der Waals surface area contributed by atoms with Crippen LogP contribution >= 0.6 is 12.2 Å². The highest BCUT2D eigenvalue weighted by molar-refractivity contribution is 7.80. The number of hydrogen-bond acceptors (Lipinski definition) is 3. The van der Waals surface area contributed by atoms with Crippen molar-refractivity contribution in [3.63, 3.8) is 0 Å². The minimum absolute atomic E-state index is 0.411.